The Morgan fingerprint density at radius 2 is 2.32 bits per heavy atom. The maximum atomic E-state index is 12.5. The van der Waals surface area contributed by atoms with Crippen molar-refractivity contribution >= 4 is 15.8 Å². The van der Waals surface area contributed by atoms with E-state index in [0.29, 0.717) is 25.9 Å². The fraction of sp³-hybridized carbons (Fsp3) is 0.727. The lowest BCUT2D eigenvalue weighted by Crippen LogP contribution is -2.42. The molecule has 0 bridgehead atoms. The minimum Gasteiger partial charge on any atom is -0.392 e. The highest BCUT2D eigenvalue weighted by Gasteiger charge is 2.32. The van der Waals surface area contributed by atoms with Crippen molar-refractivity contribution < 1.29 is 13.5 Å². The fourth-order valence-corrected chi connectivity index (χ4v) is 3.81. The number of nitrogens with zero attached hydrogens (tertiary/aromatic N) is 3. The molecular formula is C11H20N4O3S. The SMILES string of the molecule is CCCn1cc(S(=O)(=O)N2CCCC(O)C2)c(N)n1. The van der Waals surface area contributed by atoms with Gasteiger partial charge in [-0.1, -0.05) is 6.92 Å². The monoisotopic (exact) mass is 288 g/mol. The quantitative estimate of drug-likeness (QED) is 0.813. The number of sulfonamides is 1. The smallest absolute Gasteiger partial charge is 0.248 e. The molecule has 19 heavy (non-hydrogen) atoms. The van der Waals surface area contributed by atoms with Crippen LogP contribution in [0.2, 0.25) is 0 Å². The molecule has 1 atom stereocenters. The number of aliphatic hydroxyl groups is 1. The van der Waals surface area contributed by atoms with Crippen LogP contribution in [0.5, 0.6) is 0 Å². The Morgan fingerprint density at radius 1 is 1.58 bits per heavy atom. The summed E-state index contributed by atoms with van der Waals surface area (Å²) in [4.78, 5) is 0.0371. The van der Waals surface area contributed by atoms with Gasteiger partial charge in [0.2, 0.25) is 10.0 Å². The molecule has 1 fully saturated rings. The third-order valence-corrected chi connectivity index (χ3v) is 5.07. The number of piperidine rings is 1. The van der Waals surface area contributed by atoms with Gasteiger partial charge in [-0.25, -0.2) is 8.42 Å². The number of nitrogen functional groups attached to an aromatic ring is 1. The Balaban J connectivity index is 2.28. The van der Waals surface area contributed by atoms with Crippen molar-refractivity contribution in [1.82, 2.24) is 14.1 Å². The van der Waals surface area contributed by atoms with E-state index in [1.165, 1.54) is 10.5 Å². The third kappa shape index (κ3) is 2.90. The van der Waals surface area contributed by atoms with Crippen LogP contribution in [0.1, 0.15) is 26.2 Å². The van der Waals surface area contributed by atoms with Crippen LogP contribution in [0.15, 0.2) is 11.1 Å². The summed E-state index contributed by atoms with van der Waals surface area (Å²) in [6.07, 6.45) is 3.01. The van der Waals surface area contributed by atoms with E-state index in [1.807, 2.05) is 6.92 Å². The van der Waals surface area contributed by atoms with Crippen molar-refractivity contribution in [3.8, 4) is 0 Å². The van der Waals surface area contributed by atoms with Gasteiger partial charge in [-0.15, -0.1) is 0 Å². The van der Waals surface area contributed by atoms with Crippen molar-refractivity contribution in [3.63, 3.8) is 0 Å². The highest BCUT2D eigenvalue weighted by atomic mass is 32.2. The van der Waals surface area contributed by atoms with Gasteiger partial charge in [0.25, 0.3) is 0 Å². The van der Waals surface area contributed by atoms with E-state index in [0.717, 1.165) is 6.42 Å². The number of aryl methyl sites for hydroxylation is 1. The van der Waals surface area contributed by atoms with Crippen LogP contribution < -0.4 is 5.73 Å². The number of aliphatic hydroxyl groups excluding tert-OH is 1. The molecule has 0 amide bonds. The standard InChI is InChI=1S/C11H20N4O3S/c1-2-5-14-8-10(11(12)13-14)19(17,18)15-6-3-4-9(16)7-15/h8-9,16H,2-7H2,1H3,(H2,12,13). The van der Waals surface area contributed by atoms with Crippen LogP contribution in [-0.4, -0.2) is 46.8 Å². The lowest BCUT2D eigenvalue weighted by molar-refractivity contribution is 0.108. The molecule has 1 aromatic rings. The van der Waals surface area contributed by atoms with E-state index in [1.54, 1.807) is 4.68 Å². The van der Waals surface area contributed by atoms with E-state index in [9.17, 15) is 13.5 Å². The lowest BCUT2D eigenvalue weighted by Gasteiger charge is -2.28. The van der Waals surface area contributed by atoms with Gasteiger partial charge in [0.05, 0.1) is 6.10 Å². The van der Waals surface area contributed by atoms with Gasteiger partial charge < -0.3 is 10.8 Å². The number of hydrogen-bond donors (Lipinski definition) is 2. The minimum absolute atomic E-state index is 0.0218. The molecule has 8 heteroatoms. The van der Waals surface area contributed by atoms with Gasteiger partial charge in [0.1, 0.15) is 4.90 Å². The zero-order chi connectivity index (χ0) is 14.0. The molecule has 2 rings (SSSR count). The molecule has 0 saturated carbocycles. The second-order valence-corrected chi connectivity index (χ2v) is 6.71. The number of anilines is 1. The van der Waals surface area contributed by atoms with E-state index < -0.39 is 16.1 Å². The summed E-state index contributed by atoms with van der Waals surface area (Å²) in [6, 6.07) is 0. The highest BCUT2D eigenvalue weighted by molar-refractivity contribution is 7.89. The van der Waals surface area contributed by atoms with E-state index in [-0.39, 0.29) is 17.3 Å². The number of hydrogen-bond acceptors (Lipinski definition) is 5. The summed E-state index contributed by atoms with van der Waals surface area (Å²) in [5.41, 5.74) is 5.70. The summed E-state index contributed by atoms with van der Waals surface area (Å²) in [5.74, 6) is 0.0218. The fourth-order valence-electron chi connectivity index (χ4n) is 2.24. The van der Waals surface area contributed by atoms with E-state index >= 15 is 0 Å². The number of rotatable bonds is 4. The third-order valence-electron chi connectivity index (χ3n) is 3.18. The van der Waals surface area contributed by atoms with Crippen molar-refractivity contribution in [1.29, 1.82) is 0 Å². The Bertz CT molecular complexity index is 540. The van der Waals surface area contributed by atoms with E-state index in [2.05, 4.69) is 5.10 Å². The molecule has 3 N–H and O–H groups in total. The van der Waals surface area contributed by atoms with Gasteiger partial charge >= 0.3 is 0 Å². The first-order chi connectivity index (χ1) is 8.95. The maximum absolute atomic E-state index is 12.5. The zero-order valence-electron chi connectivity index (χ0n) is 11.0. The van der Waals surface area contributed by atoms with Gasteiger partial charge in [-0.3, -0.25) is 4.68 Å². The molecule has 1 saturated heterocycles. The molecule has 2 heterocycles. The first kappa shape index (κ1) is 14.3. The largest absolute Gasteiger partial charge is 0.392 e. The van der Waals surface area contributed by atoms with Crippen LogP contribution in [0.4, 0.5) is 5.82 Å². The summed E-state index contributed by atoms with van der Waals surface area (Å²) in [7, 11) is -3.66. The molecule has 1 unspecified atom stereocenters. The van der Waals surface area contributed by atoms with Crippen molar-refractivity contribution in [2.24, 2.45) is 0 Å². The van der Waals surface area contributed by atoms with Gasteiger partial charge in [-0.05, 0) is 19.3 Å². The highest BCUT2D eigenvalue weighted by Crippen LogP contribution is 2.24. The number of β-amino-alcohol motifs (C(OH)–C–C–N with tert-alkyl or cyclic N) is 1. The molecular weight excluding hydrogens is 268 g/mol. The molecule has 7 nitrogen and oxygen atoms in total. The van der Waals surface area contributed by atoms with Crippen molar-refractivity contribution in [2.45, 2.75) is 43.7 Å². The molecule has 1 aromatic heterocycles. The van der Waals surface area contributed by atoms with Gasteiger partial charge in [0, 0.05) is 25.8 Å². The summed E-state index contributed by atoms with van der Waals surface area (Å²) in [5, 5.41) is 13.6. The Labute approximate surface area is 113 Å². The predicted octanol–water partition coefficient (Wildman–Crippen LogP) is 0.0207. The molecule has 1 aliphatic rings. The second kappa shape index (κ2) is 5.48. The molecule has 0 aliphatic carbocycles. The van der Waals surface area contributed by atoms with Crippen LogP contribution in [0, 0.1) is 0 Å². The molecule has 0 radical (unpaired) electrons. The van der Waals surface area contributed by atoms with Crippen LogP contribution >= 0.6 is 0 Å². The van der Waals surface area contributed by atoms with Crippen LogP contribution in [-0.2, 0) is 16.6 Å². The first-order valence-electron chi connectivity index (χ1n) is 6.46. The van der Waals surface area contributed by atoms with Crippen LogP contribution in [0.25, 0.3) is 0 Å². The number of nitrogens with two attached hydrogens (primary N) is 1. The number of aromatic nitrogens is 2. The molecule has 108 valence electrons. The normalized spacial score (nSPS) is 21.7. The van der Waals surface area contributed by atoms with Crippen LogP contribution in [0.3, 0.4) is 0 Å². The van der Waals surface area contributed by atoms with E-state index in [4.69, 9.17) is 5.73 Å². The predicted molar refractivity (Wildman–Crippen MR) is 70.9 cm³/mol. The maximum Gasteiger partial charge on any atom is 0.248 e. The minimum atomic E-state index is -3.66. The average molecular weight is 288 g/mol. The summed E-state index contributed by atoms with van der Waals surface area (Å²) < 4.78 is 27.7. The molecule has 0 spiro atoms. The topological polar surface area (TPSA) is 101 Å². The Kier molecular flexibility index (Phi) is 4.12. The summed E-state index contributed by atoms with van der Waals surface area (Å²) in [6.45, 7) is 3.15. The Morgan fingerprint density at radius 3 is 2.95 bits per heavy atom. The Hall–Kier alpha value is -1.12. The molecule has 1 aliphatic heterocycles. The first-order valence-corrected chi connectivity index (χ1v) is 7.90. The lowest BCUT2D eigenvalue weighted by atomic mass is 10.1. The summed E-state index contributed by atoms with van der Waals surface area (Å²) >= 11 is 0. The van der Waals surface area contributed by atoms with Crippen molar-refractivity contribution in [2.75, 3.05) is 18.8 Å². The zero-order valence-corrected chi connectivity index (χ0v) is 11.8. The molecule has 0 aromatic carbocycles. The average Bonchev–Trinajstić information content (AvgIpc) is 2.71. The van der Waals surface area contributed by atoms with Crippen molar-refractivity contribution in [3.05, 3.63) is 6.20 Å². The van der Waals surface area contributed by atoms with Gasteiger partial charge in [-0.2, -0.15) is 9.40 Å². The second-order valence-electron chi connectivity index (χ2n) is 4.80. The van der Waals surface area contributed by atoms with Gasteiger partial charge in [0.15, 0.2) is 5.82 Å².